The van der Waals surface area contributed by atoms with E-state index in [0.29, 0.717) is 0 Å². The van der Waals surface area contributed by atoms with Crippen LogP contribution in [0.2, 0.25) is 0 Å². The molecule has 0 radical (unpaired) electrons. The molecule has 0 aliphatic heterocycles. The summed E-state index contributed by atoms with van der Waals surface area (Å²) in [5.74, 6) is -1.80. The van der Waals surface area contributed by atoms with Gasteiger partial charge in [0.2, 0.25) is 5.88 Å². The minimum atomic E-state index is -4.51. The van der Waals surface area contributed by atoms with E-state index < -0.39 is 24.6 Å². The highest BCUT2D eigenvalue weighted by Crippen LogP contribution is 2.20. The number of carboxylic acids is 1. The summed E-state index contributed by atoms with van der Waals surface area (Å²) in [6.07, 6.45) is -3.58. The van der Waals surface area contributed by atoms with Crippen molar-refractivity contribution < 1.29 is 27.8 Å². The molecule has 8 heteroatoms. The lowest BCUT2D eigenvalue weighted by molar-refractivity contribution is -0.154. The molecule has 1 heterocycles. The van der Waals surface area contributed by atoms with Gasteiger partial charge < -0.3 is 15.6 Å². The van der Waals surface area contributed by atoms with Crippen LogP contribution in [-0.4, -0.2) is 28.8 Å². The summed E-state index contributed by atoms with van der Waals surface area (Å²) in [6.45, 7) is -1.54. The van der Waals surface area contributed by atoms with Gasteiger partial charge in [-0.05, 0) is 0 Å². The first-order valence-corrected chi connectivity index (χ1v) is 3.98. The molecule has 0 fully saturated rings. The maximum Gasteiger partial charge on any atom is 0.422 e. The van der Waals surface area contributed by atoms with E-state index in [1.807, 2.05) is 0 Å². The summed E-state index contributed by atoms with van der Waals surface area (Å²) in [7, 11) is 0. The van der Waals surface area contributed by atoms with Crippen LogP contribution in [0.5, 0.6) is 5.88 Å². The van der Waals surface area contributed by atoms with Crippen LogP contribution in [0, 0.1) is 0 Å². The number of nitrogen functional groups attached to an aromatic ring is 1. The number of hydrogen-bond acceptors (Lipinski definition) is 4. The van der Waals surface area contributed by atoms with Crippen LogP contribution in [0.15, 0.2) is 12.3 Å². The molecule has 1 aromatic heterocycles. The smallest absolute Gasteiger partial charge is 0.422 e. The van der Waals surface area contributed by atoms with Crippen LogP contribution >= 0.6 is 0 Å². The predicted octanol–water partition coefficient (Wildman–Crippen LogP) is 1.30. The van der Waals surface area contributed by atoms with Crippen LogP contribution in [0.1, 0.15) is 10.4 Å². The lowest BCUT2D eigenvalue weighted by Crippen LogP contribution is -2.20. The third-order valence-electron chi connectivity index (χ3n) is 1.52. The van der Waals surface area contributed by atoms with Gasteiger partial charge in [-0.1, -0.05) is 0 Å². The quantitative estimate of drug-likeness (QED) is 0.826. The number of rotatable bonds is 3. The number of nitrogens with two attached hydrogens (primary N) is 1. The number of halogens is 3. The van der Waals surface area contributed by atoms with Gasteiger partial charge in [-0.3, -0.25) is 0 Å². The molecule has 5 nitrogen and oxygen atoms in total. The Labute approximate surface area is 87.7 Å². The molecule has 88 valence electrons. The highest BCUT2D eigenvalue weighted by atomic mass is 19.4. The Hall–Kier alpha value is -1.99. The third kappa shape index (κ3) is 3.30. The first-order valence-electron chi connectivity index (χ1n) is 3.98. The number of aromatic carboxylic acids is 1. The highest BCUT2D eigenvalue weighted by molar-refractivity contribution is 5.93. The molecule has 0 saturated carbocycles. The van der Waals surface area contributed by atoms with Crippen molar-refractivity contribution in [3.8, 4) is 5.88 Å². The van der Waals surface area contributed by atoms with Gasteiger partial charge in [0.25, 0.3) is 0 Å². The Morgan fingerprint density at radius 3 is 2.69 bits per heavy atom. The molecule has 0 bridgehead atoms. The fourth-order valence-electron chi connectivity index (χ4n) is 0.867. The van der Waals surface area contributed by atoms with Gasteiger partial charge in [-0.15, -0.1) is 0 Å². The SMILES string of the molecule is Nc1cnc(OCC(F)(F)F)cc1C(=O)O. The molecule has 0 saturated heterocycles. The summed E-state index contributed by atoms with van der Waals surface area (Å²) < 4.78 is 39.6. The predicted molar refractivity (Wildman–Crippen MR) is 47.2 cm³/mol. The van der Waals surface area contributed by atoms with Gasteiger partial charge in [0.05, 0.1) is 17.4 Å². The zero-order valence-electron chi connectivity index (χ0n) is 7.78. The van der Waals surface area contributed by atoms with Crippen molar-refractivity contribution in [2.75, 3.05) is 12.3 Å². The Morgan fingerprint density at radius 2 is 2.19 bits per heavy atom. The van der Waals surface area contributed by atoms with E-state index in [0.717, 1.165) is 12.3 Å². The van der Waals surface area contributed by atoms with Crippen molar-refractivity contribution in [3.63, 3.8) is 0 Å². The molecular weight excluding hydrogens is 229 g/mol. The van der Waals surface area contributed by atoms with Crippen LogP contribution < -0.4 is 10.5 Å². The molecule has 1 aromatic rings. The van der Waals surface area contributed by atoms with Crippen molar-refractivity contribution in [2.45, 2.75) is 6.18 Å². The number of nitrogens with zero attached hydrogens (tertiary/aromatic N) is 1. The first kappa shape index (κ1) is 12.1. The molecule has 0 aliphatic rings. The van der Waals surface area contributed by atoms with Gasteiger partial charge in [0.1, 0.15) is 0 Å². The molecule has 0 aromatic carbocycles. The summed E-state index contributed by atoms with van der Waals surface area (Å²) in [4.78, 5) is 14.0. The number of alkyl halides is 3. The van der Waals surface area contributed by atoms with Crippen LogP contribution in [0.4, 0.5) is 18.9 Å². The summed E-state index contributed by atoms with van der Waals surface area (Å²) in [6, 6.07) is 0.837. The second kappa shape index (κ2) is 4.25. The van der Waals surface area contributed by atoms with Gasteiger partial charge in [0, 0.05) is 6.07 Å². The van der Waals surface area contributed by atoms with E-state index in [1.54, 1.807) is 0 Å². The second-order valence-electron chi connectivity index (χ2n) is 2.82. The Morgan fingerprint density at radius 1 is 1.56 bits per heavy atom. The number of aromatic nitrogens is 1. The zero-order valence-corrected chi connectivity index (χ0v) is 7.78. The highest BCUT2D eigenvalue weighted by Gasteiger charge is 2.28. The fraction of sp³-hybridized carbons (Fsp3) is 0.250. The maximum absolute atomic E-state index is 11.8. The Kier molecular flexibility index (Phi) is 3.21. The van der Waals surface area contributed by atoms with E-state index in [1.165, 1.54) is 0 Å². The lowest BCUT2D eigenvalue weighted by atomic mass is 10.2. The molecule has 1 rings (SSSR count). The monoisotopic (exact) mass is 236 g/mol. The van der Waals surface area contributed by atoms with Crippen molar-refractivity contribution in [3.05, 3.63) is 17.8 Å². The topological polar surface area (TPSA) is 85.4 Å². The maximum atomic E-state index is 11.8. The van der Waals surface area contributed by atoms with Crippen molar-refractivity contribution in [1.82, 2.24) is 4.98 Å². The molecule has 0 atom stereocenters. The minimum Gasteiger partial charge on any atom is -0.478 e. The first-order chi connectivity index (χ1) is 7.29. The van der Waals surface area contributed by atoms with Crippen LogP contribution in [-0.2, 0) is 0 Å². The second-order valence-corrected chi connectivity index (χ2v) is 2.82. The van der Waals surface area contributed by atoms with Gasteiger partial charge in [0.15, 0.2) is 6.61 Å². The Balaban J connectivity index is 2.83. The van der Waals surface area contributed by atoms with E-state index in [9.17, 15) is 18.0 Å². The Bertz CT molecular complexity index is 406. The number of carboxylic acid groups (broad SMARTS) is 1. The summed E-state index contributed by atoms with van der Waals surface area (Å²) >= 11 is 0. The molecule has 16 heavy (non-hydrogen) atoms. The van der Waals surface area contributed by atoms with Crippen molar-refractivity contribution >= 4 is 11.7 Å². The summed E-state index contributed by atoms with van der Waals surface area (Å²) in [5, 5.41) is 8.63. The number of anilines is 1. The normalized spacial score (nSPS) is 11.2. The van der Waals surface area contributed by atoms with Crippen LogP contribution in [0.25, 0.3) is 0 Å². The summed E-state index contributed by atoms with van der Waals surface area (Å²) in [5.41, 5.74) is 4.75. The lowest BCUT2D eigenvalue weighted by Gasteiger charge is -2.09. The number of ether oxygens (including phenoxy) is 1. The standard InChI is InChI=1S/C8H7F3N2O3/c9-8(10,11)3-16-6-1-4(7(14)15)5(12)2-13-6/h1-2H,3,12H2,(H,14,15). The van der Waals surface area contributed by atoms with E-state index in [-0.39, 0.29) is 11.3 Å². The van der Waals surface area contributed by atoms with Crippen molar-refractivity contribution in [2.24, 2.45) is 0 Å². The van der Waals surface area contributed by atoms with Crippen molar-refractivity contribution in [1.29, 1.82) is 0 Å². The number of hydrogen-bond donors (Lipinski definition) is 2. The molecule has 0 unspecified atom stereocenters. The largest absolute Gasteiger partial charge is 0.478 e. The van der Waals surface area contributed by atoms with E-state index in [4.69, 9.17) is 10.8 Å². The van der Waals surface area contributed by atoms with Gasteiger partial charge in [-0.25, -0.2) is 9.78 Å². The molecular formula is C8H7F3N2O3. The molecule has 0 aliphatic carbocycles. The fourth-order valence-corrected chi connectivity index (χ4v) is 0.867. The average molecular weight is 236 g/mol. The van der Waals surface area contributed by atoms with E-state index in [2.05, 4.69) is 9.72 Å². The van der Waals surface area contributed by atoms with Gasteiger partial charge in [-0.2, -0.15) is 13.2 Å². The van der Waals surface area contributed by atoms with E-state index >= 15 is 0 Å². The third-order valence-corrected chi connectivity index (χ3v) is 1.52. The van der Waals surface area contributed by atoms with Crippen LogP contribution in [0.3, 0.4) is 0 Å². The average Bonchev–Trinajstić information content (AvgIpc) is 2.14. The molecule has 0 spiro atoms. The zero-order chi connectivity index (χ0) is 12.3. The number of carbonyl (C=O) groups is 1. The molecule has 0 amide bonds. The minimum absolute atomic E-state index is 0.146. The van der Waals surface area contributed by atoms with Gasteiger partial charge >= 0.3 is 12.1 Å². The molecule has 3 N–H and O–H groups in total. The number of pyridine rings is 1.